The Bertz CT molecular complexity index is 336. The highest BCUT2D eigenvalue weighted by atomic mass is 15.2. The number of hydrogen-bond acceptors (Lipinski definition) is 2. The second-order valence-electron chi connectivity index (χ2n) is 5.45. The zero-order valence-corrected chi connectivity index (χ0v) is 11.7. The predicted molar refractivity (Wildman–Crippen MR) is 77.7 cm³/mol. The summed E-state index contributed by atoms with van der Waals surface area (Å²) in [5.74, 6) is 0. The lowest BCUT2D eigenvalue weighted by molar-refractivity contribution is 0.193. The van der Waals surface area contributed by atoms with Crippen LogP contribution in [-0.4, -0.2) is 31.1 Å². The Kier molecular flexibility index (Phi) is 5.21. The fourth-order valence-corrected chi connectivity index (χ4v) is 2.89. The van der Waals surface area contributed by atoms with Gasteiger partial charge in [0.1, 0.15) is 0 Å². The second-order valence-corrected chi connectivity index (χ2v) is 5.45. The van der Waals surface area contributed by atoms with E-state index in [1.54, 1.807) is 0 Å². The average Bonchev–Trinajstić information content (AvgIpc) is 2.62. The molecule has 1 aliphatic rings. The lowest BCUT2D eigenvalue weighted by atomic mass is 10.1. The Hall–Kier alpha value is -0.860. The SMILES string of the molecule is CNC(CN1CCCCCC1C)c1ccccc1. The van der Waals surface area contributed by atoms with Crippen molar-refractivity contribution in [2.24, 2.45) is 0 Å². The molecule has 0 radical (unpaired) electrons. The molecule has 2 nitrogen and oxygen atoms in total. The Morgan fingerprint density at radius 1 is 1.22 bits per heavy atom. The minimum atomic E-state index is 0.451. The van der Waals surface area contributed by atoms with Crippen LogP contribution in [0.5, 0.6) is 0 Å². The summed E-state index contributed by atoms with van der Waals surface area (Å²) < 4.78 is 0. The summed E-state index contributed by atoms with van der Waals surface area (Å²) in [6.07, 6.45) is 5.50. The van der Waals surface area contributed by atoms with Crippen molar-refractivity contribution in [1.82, 2.24) is 10.2 Å². The molecule has 0 saturated carbocycles. The minimum absolute atomic E-state index is 0.451. The maximum Gasteiger partial charge on any atom is 0.0446 e. The highest BCUT2D eigenvalue weighted by molar-refractivity contribution is 5.19. The van der Waals surface area contributed by atoms with E-state index in [0.717, 1.165) is 12.6 Å². The molecule has 0 spiro atoms. The maximum absolute atomic E-state index is 3.46. The number of benzene rings is 1. The van der Waals surface area contributed by atoms with Crippen LogP contribution in [0.1, 0.15) is 44.2 Å². The van der Waals surface area contributed by atoms with E-state index in [1.165, 1.54) is 37.8 Å². The molecule has 0 amide bonds. The van der Waals surface area contributed by atoms with Gasteiger partial charge in [-0.3, -0.25) is 4.90 Å². The number of likely N-dealkylation sites (N-methyl/N-ethyl adjacent to an activating group) is 1. The van der Waals surface area contributed by atoms with Crippen molar-refractivity contribution in [3.63, 3.8) is 0 Å². The smallest absolute Gasteiger partial charge is 0.0446 e. The van der Waals surface area contributed by atoms with Gasteiger partial charge in [-0.1, -0.05) is 43.2 Å². The summed E-state index contributed by atoms with van der Waals surface area (Å²) in [6.45, 7) is 4.76. The van der Waals surface area contributed by atoms with Gasteiger partial charge < -0.3 is 5.32 Å². The van der Waals surface area contributed by atoms with Gasteiger partial charge in [-0.15, -0.1) is 0 Å². The van der Waals surface area contributed by atoms with E-state index in [0.29, 0.717) is 6.04 Å². The molecule has 1 aromatic carbocycles. The lowest BCUT2D eigenvalue weighted by Gasteiger charge is -2.31. The first-order valence-corrected chi connectivity index (χ1v) is 7.27. The van der Waals surface area contributed by atoms with Crippen LogP contribution in [0, 0.1) is 0 Å². The topological polar surface area (TPSA) is 15.3 Å². The quantitative estimate of drug-likeness (QED) is 0.877. The molecule has 1 heterocycles. The van der Waals surface area contributed by atoms with Gasteiger partial charge in [0.15, 0.2) is 0 Å². The molecule has 1 aliphatic heterocycles. The number of nitrogens with one attached hydrogen (secondary N) is 1. The van der Waals surface area contributed by atoms with Gasteiger partial charge in [0.25, 0.3) is 0 Å². The Labute approximate surface area is 111 Å². The third kappa shape index (κ3) is 3.56. The van der Waals surface area contributed by atoms with Crippen LogP contribution in [0.2, 0.25) is 0 Å². The fraction of sp³-hybridized carbons (Fsp3) is 0.625. The molecule has 1 aromatic rings. The van der Waals surface area contributed by atoms with Gasteiger partial charge in [-0.25, -0.2) is 0 Å². The van der Waals surface area contributed by atoms with Crippen LogP contribution < -0.4 is 5.32 Å². The van der Waals surface area contributed by atoms with Crippen LogP contribution in [0.3, 0.4) is 0 Å². The normalized spacial score (nSPS) is 23.6. The van der Waals surface area contributed by atoms with Gasteiger partial charge >= 0.3 is 0 Å². The molecule has 100 valence electrons. The van der Waals surface area contributed by atoms with E-state index in [1.807, 2.05) is 0 Å². The predicted octanol–water partition coefficient (Wildman–Crippen LogP) is 3.21. The van der Waals surface area contributed by atoms with Crippen molar-refractivity contribution in [1.29, 1.82) is 0 Å². The molecule has 1 saturated heterocycles. The van der Waals surface area contributed by atoms with Crippen LogP contribution in [0.15, 0.2) is 30.3 Å². The molecule has 18 heavy (non-hydrogen) atoms. The van der Waals surface area contributed by atoms with E-state index in [2.05, 4.69) is 54.5 Å². The lowest BCUT2D eigenvalue weighted by Crippen LogP contribution is -2.39. The zero-order chi connectivity index (χ0) is 12.8. The maximum atomic E-state index is 3.46. The molecule has 2 heteroatoms. The minimum Gasteiger partial charge on any atom is -0.312 e. The Morgan fingerprint density at radius 2 is 2.00 bits per heavy atom. The monoisotopic (exact) mass is 246 g/mol. The molecule has 1 N–H and O–H groups in total. The molecule has 2 atom stereocenters. The van der Waals surface area contributed by atoms with Crippen molar-refractivity contribution in [2.75, 3.05) is 20.1 Å². The van der Waals surface area contributed by atoms with Crippen molar-refractivity contribution >= 4 is 0 Å². The molecule has 0 aromatic heterocycles. The Morgan fingerprint density at radius 3 is 2.72 bits per heavy atom. The van der Waals surface area contributed by atoms with Gasteiger partial charge in [0, 0.05) is 18.6 Å². The van der Waals surface area contributed by atoms with E-state index in [9.17, 15) is 0 Å². The van der Waals surface area contributed by atoms with E-state index in [-0.39, 0.29) is 0 Å². The highest BCUT2D eigenvalue weighted by Crippen LogP contribution is 2.20. The zero-order valence-electron chi connectivity index (χ0n) is 11.7. The fourth-order valence-electron chi connectivity index (χ4n) is 2.89. The summed E-state index contributed by atoms with van der Waals surface area (Å²) in [5, 5.41) is 3.46. The first-order chi connectivity index (χ1) is 8.81. The van der Waals surface area contributed by atoms with Gasteiger partial charge in [-0.05, 0) is 38.9 Å². The number of nitrogens with zero attached hydrogens (tertiary/aromatic N) is 1. The number of rotatable bonds is 4. The van der Waals surface area contributed by atoms with Gasteiger partial charge in [-0.2, -0.15) is 0 Å². The van der Waals surface area contributed by atoms with Crippen molar-refractivity contribution in [3.05, 3.63) is 35.9 Å². The highest BCUT2D eigenvalue weighted by Gasteiger charge is 2.20. The molecule has 1 fully saturated rings. The number of hydrogen-bond donors (Lipinski definition) is 1. The van der Waals surface area contributed by atoms with Crippen LogP contribution >= 0.6 is 0 Å². The third-order valence-electron chi connectivity index (χ3n) is 4.16. The molecular formula is C16H26N2. The number of likely N-dealkylation sites (tertiary alicyclic amines) is 1. The Balaban J connectivity index is 2.01. The van der Waals surface area contributed by atoms with Crippen LogP contribution in [0.25, 0.3) is 0 Å². The first-order valence-electron chi connectivity index (χ1n) is 7.27. The van der Waals surface area contributed by atoms with Crippen LogP contribution in [0.4, 0.5) is 0 Å². The average molecular weight is 246 g/mol. The van der Waals surface area contributed by atoms with E-state index < -0.39 is 0 Å². The van der Waals surface area contributed by atoms with Crippen molar-refractivity contribution < 1.29 is 0 Å². The summed E-state index contributed by atoms with van der Waals surface area (Å²) in [4.78, 5) is 2.65. The van der Waals surface area contributed by atoms with Gasteiger partial charge in [0.05, 0.1) is 0 Å². The summed E-state index contributed by atoms with van der Waals surface area (Å²) in [6, 6.07) is 12.0. The molecule has 0 aliphatic carbocycles. The molecule has 2 rings (SSSR count). The molecule has 0 bridgehead atoms. The third-order valence-corrected chi connectivity index (χ3v) is 4.16. The van der Waals surface area contributed by atoms with Gasteiger partial charge in [0.2, 0.25) is 0 Å². The van der Waals surface area contributed by atoms with Crippen LogP contribution in [-0.2, 0) is 0 Å². The molecular weight excluding hydrogens is 220 g/mol. The van der Waals surface area contributed by atoms with E-state index in [4.69, 9.17) is 0 Å². The van der Waals surface area contributed by atoms with Crippen molar-refractivity contribution in [2.45, 2.75) is 44.7 Å². The summed E-state index contributed by atoms with van der Waals surface area (Å²) in [7, 11) is 2.07. The van der Waals surface area contributed by atoms with Crippen molar-refractivity contribution in [3.8, 4) is 0 Å². The second kappa shape index (κ2) is 6.91. The van der Waals surface area contributed by atoms with E-state index >= 15 is 0 Å². The largest absolute Gasteiger partial charge is 0.312 e. The summed E-state index contributed by atoms with van der Waals surface area (Å²) in [5.41, 5.74) is 1.40. The summed E-state index contributed by atoms with van der Waals surface area (Å²) >= 11 is 0. The standard InChI is InChI=1S/C16H26N2/c1-14-9-5-4-8-12-18(14)13-16(17-2)15-10-6-3-7-11-15/h3,6-7,10-11,14,16-17H,4-5,8-9,12-13H2,1-2H3. The molecule has 2 unspecified atom stereocenters. The first kappa shape index (κ1) is 13.6.